The van der Waals surface area contributed by atoms with Gasteiger partial charge in [0.25, 0.3) is 5.91 Å². The first kappa shape index (κ1) is 19.0. The second-order valence-electron chi connectivity index (χ2n) is 5.35. The number of piperazine rings is 1. The average Bonchev–Trinajstić information content (AvgIpc) is 2.60. The van der Waals surface area contributed by atoms with E-state index in [1.165, 1.54) is 0 Å². The Morgan fingerprint density at radius 2 is 1.76 bits per heavy atom. The second-order valence-corrected chi connectivity index (χ2v) is 5.35. The zero-order valence-electron chi connectivity index (χ0n) is 13.1. The molecule has 2 heterocycles. The van der Waals surface area contributed by atoms with E-state index in [1.54, 1.807) is 18.3 Å². The molecule has 0 aliphatic carbocycles. The minimum atomic E-state index is -1.61. The van der Waals surface area contributed by atoms with Crippen LogP contribution in [0.2, 0.25) is 0 Å². The molecule has 2 aromatic rings. The molecule has 0 radical (unpaired) electrons. The number of amides is 1. The highest BCUT2D eigenvalue weighted by Gasteiger charge is 2.16. The Kier molecular flexibility index (Phi) is 6.22. The van der Waals surface area contributed by atoms with Crippen molar-refractivity contribution >= 4 is 29.8 Å². The van der Waals surface area contributed by atoms with Crippen molar-refractivity contribution in [3.05, 3.63) is 53.5 Å². The summed E-state index contributed by atoms with van der Waals surface area (Å²) in [4.78, 5) is 18.3. The maximum atomic E-state index is 13.2. The van der Waals surface area contributed by atoms with Crippen LogP contribution in [0.3, 0.4) is 0 Å². The lowest BCUT2D eigenvalue weighted by Gasteiger charge is -2.29. The topological polar surface area (TPSA) is 57.3 Å². The normalized spacial score (nSPS) is 14.0. The second kappa shape index (κ2) is 8.17. The third kappa shape index (κ3) is 4.40. The number of pyridine rings is 1. The summed E-state index contributed by atoms with van der Waals surface area (Å²) in [6.07, 6.45) is 1.62. The summed E-state index contributed by atoms with van der Waals surface area (Å²) < 4.78 is 39.3. The third-order valence-corrected chi connectivity index (χ3v) is 3.72. The van der Waals surface area contributed by atoms with E-state index in [0.29, 0.717) is 12.1 Å². The Morgan fingerprint density at radius 3 is 2.32 bits per heavy atom. The summed E-state index contributed by atoms with van der Waals surface area (Å²) >= 11 is 0. The average molecular weight is 373 g/mol. The van der Waals surface area contributed by atoms with E-state index in [9.17, 15) is 18.0 Å². The standard InChI is InChI=1S/C16H15F3N4O.ClH/c17-12-7-10(8-13(18)15(12)19)16(24)22-14-2-1-11(9-21-14)23-5-3-20-4-6-23;/h1-2,7-9,20H,3-6H2,(H,21,22,24);1H. The fraction of sp³-hybridized carbons (Fsp3) is 0.250. The molecule has 25 heavy (non-hydrogen) atoms. The van der Waals surface area contributed by atoms with Crippen LogP contribution in [-0.4, -0.2) is 37.1 Å². The SMILES string of the molecule is Cl.O=C(Nc1ccc(N2CCNCC2)cn1)c1cc(F)c(F)c(F)c1. The minimum Gasteiger partial charge on any atom is -0.368 e. The Labute approximate surface area is 148 Å². The smallest absolute Gasteiger partial charge is 0.257 e. The molecular formula is C16H16ClF3N4O. The summed E-state index contributed by atoms with van der Waals surface area (Å²) in [5, 5.41) is 5.67. The van der Waals surface area contributed by atoms with Crippen LogP contribution in [0, 0.1) is 17.5 Å². The first-order chi connectivity index (χ1) is 11.5. The van der Waals surface area contributed by atoms with Crippen LogP contribution in [0.1, 0.15) is 10.4 Å². The number of carbonyl (C=O) groups excluding carboxylic acids is 1. The van der Waals surface area contributed by atoms with Crippen LogP contribution < -0.4 is 15.5 Å². The lowest BCUT2D eigenvalue weighted by atomic mass is 10.2. The summed E-state index contributed by atoms with van der Waals surface area (Å²) in [6.45, 7) is 3.50. The summed E-state index contributed by atoms with van der Waals surface area (Å²) in [5.41, 5.74) is 0.604. The monoisotopic (exact) mass is 372 g/mol. The van der Waals surface area contributed by atoms with E-state index in [1.807, 2.05) is 0 Å². The van der Waals surface area contributed by atoms with Gasteiger partial charge >= 0.3 is 0 Å². The predicted octanol–water partition coefficient (Wildman–Crippen LogP) is 2.58. The maximum Gasteiger partial charge on any atom is 0.257 e. The van der Waals surface area contributed by atoms with Crippen molar-refractivity contribution in [2.24, 2.45) is 0 Å². The Hall–Kier alpha value is -2.32. The van der Waals surface area contributed by atoms with Crippen molar-refractivity contribution in [3.8, 4) is 0 Å². The van der Waals surface area contributed by atoms with Crippen molar-refractivity contribution in [1.82, 2.24) is 10.3 Å². The van der Waals surface area contributed by atoms with E-state index in [0.717, 1.165) is 31.9 Å². The molecule has 1 amide bonds. The minimum absolute atomic E-state index is 0. The molecule has 2 N–H and O–H groups in total. The number of carbonyl (C=O) groups is 1. The molecule has 1 aromatic carbocycles. The highest BCUT2D eigenvalue weighted by molar-refractivity contribution is 6.03. The Morgan fingerprint density at radius 1 is 1.12 bits per heavy atom. The van der Waals surface area contributed by atoms with Crippen molar-refractivity contribution < 1.29 is 18.0 Å². The van der Waals surface area contributed by atoms with E-state index in [-0.39, 0.29) is 23.8 Å². The van der Waals surface area contributed by atoms with Gasteiger partial charge in [-0.15, -0.1) is 12.4 Å². The maximum absolute atomic E-state index is 13.2. The third-order valence-electron chi connectivity index (χ3n) is 3.72. The Bertz CT molecular complexity index is 729. The molecule has 0 spiro atoms. The van der Waals surface area contributed by atoms with Gasteiger partial charge in [0.2, 0.25) is 0 Å². The van der Waals surface area contributed by atoms with Crippen LogP contribution in [0.25, 0.3) is 0 Å². The number of anilines is 2. The van der Waals surface area contributed by atoms with Gasteiger partial charge in [-0.3, -0.25) is 4.79 Å². The van der Waals surface area contributed by atoms with Gasteiger partial charge in [0.05, 0.1) is 11.9 Å². The molecule has 0 atom stereocenters. The molecular weight excluding hydrogens is 357 g/mol. The fourth-order valence-corrected chi connectivity index (χ4v) is 2.45. The van der Waals surface area contributed by atoms with Gasteiger partial charge in [-0.05, 0) is 24.3 Å². The summed E-state index contributed by atoms with van der Waals surface area (Å²) in [5.74, 6) is -4.96. The molecule has 0 bridgehead atoms. The first-order valence-corrected chi connectivity index (χ1v) is 7.42. The van der Waals surface area contributed by atoms with Gasteiger partial charge in [-0.25, -0.2) is 18.2 Å². The molecule has 9 heteroatoms. The van der Waals surface area contributed by atoms with Crippen LogP contribution in [0.4, 0.5) is 24.7 Å². The van der Waals surface area contributed by atoms with Crippen LogP contribution in [0.5, 0.6) is 0 Å². The molecule has 0 saturated carbocycles. The molecule has 1 saturated heterocycles. The van der Waals surface area contributed by atoms with Gasteiger partial charge in [0.1, 0.15) is 5.82 Å². The van der Waals surface area contributed by atoms with Crippen LogP contribution >= 0.6 is 12.4 Å². The molecule has 1 fully saturated rings. The van der Waals surface area contributed by atoms with E-state index in [4.69, 9.17) is 0 Å². The number of benzene rings is 1. The van der Waals surface area contributed by atoms with Gasteiger partial charge in [-0.2, -0.15) is 0 Å². The lowest BCUT2D eigenvalue weighted by molar-refractivity contribution is 0.102. The quantitative estimate of drug-likeness (QED) is 0.813. The summed E-state index contributed by atoms with van der Waals surface area (Å²) in [6, 6.07) is 4.69. The number of aromatic nitrogens is 1. The zero-order valence-corrected chi connectivity index (χ0v) is 13.9. The van der Waals surface area contributed by atoms with E-state index in [2.05, 4.69) is 20.5 Å². The highest BCUT2D eigenvalue weighted by atomic mass is 35.5. The number of nitrogens with one attached hydrogen (secondary N) is 2. The highest BCUT2D eigenvalue weighted by Crippen LogP contribution is 2.17. The van der Waals surface area contributed by atoms with Crippen molar-refractivity contribution in [3.63, 3.8) is 0 Å². The number of nitrogens with zero attached hydrogens (tertiary/aromatic N) is 2. The largest absolute Gasteiger partial charge is 0.368 e. The summed E-state index contributed by atoms with van der Waals surface area (Å²) in [7, 11) is 0. The van der Waals surface area contributed by atoms with Crippen LogP contribution in [0.15, 0.2) is 30.5 Å². The van der Waals surface area contributed by atoms with Crippen LogP contribution in [-0.2, 0) is 0 Å². The number of hydrogen-bond acceptors (Lipinski definition) is 4. The van der Waals surface area contributed by atoms with Gasteiger partial charge in [0, 0.05) is 31.7 Å². The number of halogens is 4. The van der Waals surface area contributed by atoms with Crippen molar-refractivity contribution in [2.45, 2.75) is 0 Å². The molecule has 3 rings (SSSR count). The van der Waals surface area contributed by atoms with E-state index < -0.39 is 23.4 Å². The zero-order chi connectivity index (χ0) is 17.1. The molecule has 1 aromatic heterocycles. The molecule has 134 valence electrons. The molecule has 5 nitrogen and oxygen atoms in total. The molecule has 1 aliphatic heterocycles. The van der Waals surface area contributed by atoms with Gasteiger partial charge in [-0.1, -0.05) is 0 Å². The Balaban J connectivity index is 0.00000225. The predicted molar refractivity (Wildman–Crippen MR) is 90.8 cm³/mol. The van der Waals surface area contributed by atoms with Crippen molar-refractivity contribution in [2.75, 3.05) is 36.4 Å². The molecule has 1 aliphatic rings. The number of rotatable bonds is 3. The lowest BCUT2D eigenvalue weighted by Crippen LogP contribution is -2.43. The number of hydrogen-bond donors (Lipinski definition) is 2. The molecule has 0 unspecified atom stereocenters. The van der Waals surface area contributed by atoms with E-state index >= 15 is 0 Å². The van der Waals surface area contributed by atoms with Crippen molar-refractivity contribution in [1.29, 1.82) is 0 Å². The first-order valence-electron chi connectivity index (χ1n) is 7.42. The van der Waals surface area contributed by atoms with Gasteiger partial charge < -0.3 is 15.5 Å². The fourth-order valence-electron chi connectivity index (χ4n) is 2.45. The van der Waals surface area contributed by atoms with Gasteiger partial charge in [0.15, 0.2) is 17.5 Å².